The van der Waals surface area contributed by atoms with Gasteiger partial charge in [0.25, 0.3) is 10.0 Å². The van der Waals surface area contributed by atoms with E-state index in [1.807, 2.05) is 0 Å². The number of fused-ring (bicyclic) bond motifs is 1. The van der Waals surface area contributed by atoms with Crippen molar-refractivity contribution in [1.29, 1.82) is 0 Å². The second-order valence-corrected chi connectivity index (χ2v) is 9.03. The van der Waals surface area contributed by atoms with E-state index in [1.165, 1.54) is 12.1 Å². The highest BCUT2D eigenvalue weighted by Gasteiger charge is 2.19. The summed E-state index contributed by atoms with van der Waals surface area (Å²) in [6, 6.07) is 21.4. The lowest BCUT2D eigenvalue weighted by Crippen LogP contribution is -2.16. The number of rotatable bonds is 9. The first-order valence-corrected chi connectivity index (χ1v) is 11.8. The number of hydrogen-bond acceptors (Lipinski definition) is 7. The minimum absolute atomic E-state index is 0.0177. The Morgan fingerprint density at radius 2 is 1.35 bits per heavy atom. The third-order valence-electron chi connectivity index (χ3n) is 4.89. The van der Waals surface area contributed by atoms with Crippen LogP contribution in [-0.4, -0.2) is 35.2 Å². The van der Waals surface area contributed by atoms with Crippen LogP contribution in [0.15, 0.2) is 83.8 Å². The van der Waals surface area contributed by atoms with Gasteiger partial charge in [0.05, 0.1) is 22.3 Å². The molecule has 0 saturated carbocycles. The molecule has 3 N–H and O–H groups in total. The van der Waals surface area contributed by atoms with Crippen LogP contribution in [0.25, 0.3) is 11.0 Å². The summed E-state index contributed by atoms with van der Waals surface area (Å²) in [5, 5.41) is 11.8. The van der Waals surface area contributed by atoms with E-state index >= 15 is 0 Å². The van der Waals surface area contributed by atoms with Gasteiger partial charge in [-0.05, 0) is 48.5 Å². The largest absolute Gasteiger partial charge is 0.481 e. The maximum atomic E-state index is 12.9. The fourth-order valence-electron chi connectivity index (χ4n) is 3.19. The molecule has 1 aromatic heterocycles. The minimum atomic E-state index is -3.91. The van der Waals surface area contributed by atoms with Gasteiger partial charge < -0.3 is 10.4 Å². The molecule has 172 valence electrons. The van der Waals surface area contributed by atoms with Crippen LogP contribution in [0.2, 0.25) is 0 Å². The third kappa shape index (κ3) is 5.36. The third-order valence-corrected chi connectivity index (χ3v) is 6.25. The number of carboxylic acids is 1. The lowest BCUT2D eigenvalue weighted by molar-refractivity contribution is -0.136. The monoisotopic (exact) mass is 476 g/mol. The quantitative estimate of drug-likeness (QED) is 0.305. The van der Waals surface area contributed by atoms with Crippen molar-refractivity contribution in [1.82, 2.24) is 9.97 Å². The van der Waals surface area contributed by atoms with Gasteiger partial charge in [-0.15, -0.1) is 0 Å². The number of nitrogens with zero attached hydrogens (tertiary/aromatic N) is 2. The average molecular weight is 477 g/mol. The summed E-state index contributed by atoms with van der Waals surface area (Å²) < 4.78 is 28.3. The topological polar surface area (TPSA) is 138 Å². The lowest BCUT2D eigenvalue weighted by Gasteiger charge is -2.14. The number of anilines is 3. The Labute approximate surface area is 195 Å². The van der Waals surface area contributed by atoms with E-state index in [0.717, 1.165) is 0 Å². The Morgan fingerprint density at radius 3 is 1.97 bits per heavy atom. The molecule has 0 bridgehead atoms. The molecule has 10 heteroatoms. The number of carbonyl (C=O) groups is 2. The number of nitrogens with one attached hydrogen (secondary N) is 2. The van der Waals surface area contributed by atoms with Gasteiger partial charge in [-0.1, -0.05) is 30.3 Å². The smallest absolute Gasteiger partial charge is 0.303 e. The van der Waals surface area contributed by atoms with Crippen LogP contribution in [0.5, 0.6) is 0 Å². The van der Waals surface area contributed by atoms with Gasteiger partial charge in [0.15, 0.2) is 17.4 Å². The summed E-state index contributed by atoms with van der Waals surface area (Å²) in [4.78, 5) is 31.9. The molecule has 4 rings (SSSR count). The molecule has 4 aromatic rings. The number of ketones is 1. The number of sulfonamides is 1. The Hall–Kier alpha value is -4.31. The predicted octanol–water partition coefficient (Wildman–Crippen LogP) is 4.22. The van der Waals surface area contributed by atoms with Gasteiger partial charge in [-0.3, -0.25) is 14.3 Å². The van der Waals surface area contributed by atoms with E-state index in [2.05, 4.69) is 20.0 Å². The number of para-hydroxylation sites is 2. The van der Waals surface area contributed by atoms with Crippen LogP contribution in [0.3, 0.4) is 0 Å². The van der Waals surface area contributed by atoms with E-state index in [4.69, 9.17) is 5.11 Å². The average Bonchev–Trinajstić information content (AvgIpc) is 2.83. The zero-order valence-electron chi connectivity index (χ0n) is 17.8. The fraction of sp³-hybridized carbons (Fsp3) is 0.0833. The molecule has 34 heavy (non-hydrogen) atoms. The normalized spacial score (nSPS) is 11.2. The molecule has 0 aliphatic rings. The Bertz CT molecular complexity index is 1460. The molecule has 0 spiro atoms. The molecule has 0 amide bonds. The fourth-order valence-corrected chi connectivity index (χ4v) is 4.22. The van der Waals surface area contributed by atoms with Gasteiger partial charge in [-0.25, -0.2) is 18.4 Å². The molecular formula is C24H20N4O5S. The predicted molar refractivity (Wildman–Crippen MR) is 128 cm³/mol. The van der Waals surface area contributed by atoms with Gasteiger partial charge in [-0.2, -0.15) is 0 Å². The molecule has 1 heterocycles. The molecule has 0 atom stereocenters. The van der Waals surface area contributed by atoms with Crippen molar-refractivity contribution in [2.45, 2.75) is 17.7 Å². The van der Waals surface area contributed by atoms with Gasteiger partial charge >= 0.3 is 5.97 Å². The van der Waals surface area contributed by atoms with E-state index in [0.29, 0.717) is 22.3 Å². The van der Waals surface area contributed by atoms with Crippen LogP contribution in [0, 0.1) is 0 Å². The number of carbonyl (C=O) groups excluding carboxylic acids is 1. The first kappa shape index (κ1) is 22.9. The highest BCUT2D eigenvalue weighted by molar-refractivity contribution is 7.92. The molecule has 0 saturated heterocycles. The molecule has 0 aliphatic carbocycles. The summed E-state index contributed by atoms with van der Waals surface area (Å²) in [6.07, 6.45) is -0.333. The summed E-state index contributed by atoms with van der Waals surface area (Å²) in [5.74, 6) is -1.12. The van der Waals surface area contributed by atoms with E-state index in [-0.39, 0.29) is 35.2 Å². The van der Waals surface area contributed by atoms with Crippen LogP contribution >= 0.6 is 0 Å². The van der Waals surface area contributed by atoms with Crippen molar-refractivity contribution < 1.29 is 23.1 Å². The summed E-state index contributed by atoms with van der Waals surface area (Å²) >= 11 is 0. The summed E-state index contributed by atoms with van der Waals surface area (Å²) in [5.41, 5.74) is 1.99. The Balaban J connectivity index is 1.64. The van der Waals surface area contributed by atoms with E-state index < -0.39 is 16.0 Å². The lowest BCUT2D eigenvalue weighted by atomic mass is 10.1. The molecule has 0 fully saturated rings. The zero-order chi connectivity index (χ0) is 24.1. The zero-order valence-corrected chi connectivity index (χ0v) is 18.6. The van der Waals surface area contributed by atoms with Gasteiger partial charge in [0, 0.05) is 17.7 Å². The van der Waals surface area contributed by atoms with Crippen molar-refractivity contribution >= 4 is 50.1 Å². The number of benzene rings is 3. The second kappa shape index (κ2) is 9.67. The number of Topliss-reactive ketones (excluding diaryl/α,β-unsaturated/α-hetero) is 1. The van der Waals surface area contributed by atoms with Crippen molar-refractivity contribution in [3.8, 4) is 0 Å². The van der Waals surface area contributed by atoms with Crippen LogP contribution in [0.4, 0.5) is 17.3 Å². The van der Waals surface area contributed by atoms with Gasteiger partial charge in [0.2, 0.25) is 0 Å². The number of carboxylic acid groups (broad SMARTS) is 1. The highest BCUT2D eigenvalue weighted by Crippen LogP contribution is 2.27. The van der Waals surface area contributed by atoms with E-state index in [9.17, 15) is 18.0 Å². The summed E-state index contributed by atoms with van der Waals surface area (Å²) in [6.45, 7) is 0. The van der Waals surface area contributed by atoms with Crippen LogP contribution in [0.1, 0.15) is 23.2 Å². The molecule has 0 aliphatic heterocycles. The Morgan fingerprint density at radius 1 is 0.765 bits per heavy atom. The number of hydrogen-bond donors (Lipinski definition) is 3. The minimum Gasteiger partial charge on any atom is -0.481 e. The molecule has 9 nitrogen and oxygen atoms in total. The second-order valence-electron chi connectivity index (χ2n) is 7.35. The van der Waals surface area contributed by atoms with Crippen molar-refractivity contribution in [3.05, 3.63) is 84.4 Å². The Kier molecular flexibility index (Phi) is 6.51. The van der Waals surface area contributed by atoms with Crippen LogP contribution < -0.4 is 10.0 Å². The van der Waals surface area contributed by atoms with Crippen molar-refractivity contribution in [3.63, 3.8) is 0 Å². The van der Waals surface area contributed by atoms with E-state index in [1.54, 1.807) is 66.7 Å². The molecule has 0 unspecified atom stereocenters. The maximum absolute atomic E-state index is 12.9. The molecular weight excluding hydrogens is 456 g/mol. The van der Waals surface area contributed by atoms with Crippen molar-refractivity contribution in [2.24, 2.45) is 0 Å². The van der Waals surface area contributed by atoms with Gasteiger partial charge in [0.1, 0.15) is 0 Å². The van der Waals surface area contributed by atoms with Crippen LogP contribution in [-0.2, 0) is 14.8 Å². The molecule has 0 radical (unpaired) electrons. The first-order chi connectivity index (χ1) is 16.3. The first-order valence-electron chi connectivity index (χ1n) is 10.3. The number of aromatic nitrogens is 2. The SMILES string of the molecule is O=C(O)CCC(=O)c1ccc(Nc2nc3ccccc3nc2NS(=O)(=O)c2ccccc2)cc1. The number of aliphatic carboxylic acids is 1. The molecule has 3 aromatic carbocycles. The standard InChI is InChI=1S/C24H20N4O5S/c29-21(14-15-22(30)31)16-10-12-17(13-11-16)25-23-24(27-20-9-5-4-8-19(20)26-23)28-34(32,33)18-6-2-1-3-7-18/h1-13H,14-15H2,(H,25,26)(H,27,28)(H,30,31). The van der Waals surface area contributed by atoms with Crippen molar-refractivity contribution in [2.75, 3.05) is 10.0 Å². The highest BCUT2D eigenvalue weighted by atomic mass is 32.2. The summed E-state index contributed by atoms with van der Waals surface area (Å²) in [7, 11) is -3.91. The maximum Gasteiger partial charge on any atom is 0.303 e.